The van der Waals surface area contributed by atoms with Crippen molar-refractivity contribution in [1.82, 2.24) is 10.6 Å². The van der Waals surface area contributed by atoms with Gasteiger partial charge in [0.2, 0.25) is 5.91 Å². The van der Waals surface area contributed by atoms with Gasteiger partial charge in [-0.25, -0.2) is 0 Å². The van der Waals surface area contributed by atoms with E-state index >= 15 is 0 Å². The third-order valence-corrected chi connectivity index (χ3v) is 4.20. The molecule has 3 nitrogen and oxygen atoms in total. The maximum atomic E-state index is 11.6. The fourth-order valence-corrected chi connectivity index (χ4v) is 2.73. The normalized spacial score (nSPS) is 29.0. The highest BCUT2D eigenvalue weighted by molar-refractivity contribution is 5.78. The standard InChI is InChI=1S/C14H26N2O/c1-2-11-4-3-5-13(8-11)15-10-14(17)16-9-12-6-7-12/h11-13,15H,2-10H2,1H3,(H,16,17). The Balaban J connectivity index is 1.57. The first kappa shape index (κ1) is 12.9. The smallest absolute Gasteiger partial charge is 0.233 e. The lowest BCUT2D eigenvalue weighted by Crippen LogP contribution is -2.41. The van der Waals surface area contributed by atoms with Crippen LogP contribution < -0.4 is 10.6 Å². The van der Waals surface area contributed by atoms with E-state index in [4.69, 9.17) is 0 Å². The molecule has 2 aliphatic carbocycles. The minimum Gasteiger partial charge on any atom is -0.355 e. The highest BCUT2D eigenvalue weighted by atomic mass is 16.1. The summed E-state index contributed by atoms with van der Waals surface area (Å²) in [6.45, 7) is 3.67. The Hall–Kier alpha value is -0.570. The molecule has 2 unspecified atom stereocenters. The van der Waals surface area contributed by atoms with Gasteiger partial charge in [-0.1, -0.05) is 26.2 Å². The molecular weight excluding hydrogens is 212 g/mol. The van der Waals surface area contributed by atoms with Gasteiger partial charge in [0, 0.05) is 12.6 Å². The first-order valence-corrected chi connectivity index (χ1v) is 7.28. The molecule has 2 rings (SSSR count). The van der Waals surface area contributed by atoms with Gasteiger partial charge in [0.15, 0.2) is 0 Å². The predicted molar refractivity (Wildman–Crippen MR) is 69.8 cm³/mol. The maximum absolute atomic E-state index is 11.6. The molecule has 17 heavy (non-hydrogen) atoms. The minimum atomic E-state index is 0.176. The van der Waals surface area contributed by atoms with Crippen LogP contribution >= 0.6 is 0 Å². The van der Waals surface area contributed by atoms with Gasteiger partial charge in [-0.3, -0.25) is 4.79 Å². The molecule has 2 atom stereocenters. The number of nitrogens with one attached hydrogen (secondary N) is 2. The highest BCUT2D eigenvalue weighted by Gasteiger charge is 2.23. The zero-order chi connectivity index (χ0) is 12.1. The van der Waals surface area contributed by atoms with Gasteiger partial charge in [-0.15, -0.1) is 0 Å². The SMILES string of the molecule is CCC1CCCC(NCC(=O)NCC2CC2)C1. The summed E-state index contributed by atoms with van der Waals surface area (Å²) >= 11 is 0. The Morgan fingerprint density at radius 2 is 2.00 bits per heavy atom. The van der Waals surface area contributed by atoms with Crippen molar-refractivity contribution in [1.29, 1.82) is 0 Å². The molecule has 0 saturated heterocycles. The van der Waals surface area contributed by atoms with E-state index in [-0.39, 0.29) is 5.91 Å². The summed E-state index contributed by atoms with van der Waals surface area (Å²) in [6, 6.07) is 0.570. The predicted octanol–water partition coefficient (Wildman–Crippen LogP) is 2.07. The summed E-state index contributed by atoms with van der Waals surface area (Å²) in [5.41, 5.74) is 0. The monoisotopic (exact) mass is 238 g/mol. The second-order valence-electron chi connectivity index (χ2n) is 5.77. The number of carbonyl (C=O) groups excluding carboxylic acids is 1. The molecule has 2 fully saturated rings. The van der Waals surface area contributed by atoms with Crippen LogP contribution in [0.1, 0.15) is 51.9 Å². The van der Waals surface area contributed by atoms with Crippen LogP contribution in [-0.2, 0) is 4.79 Å². The molecule has 0 radical (unpaired) electrons. The molecular formula is C14H26N2O. The van der Waals surface area contributed by atoms with Gasteiger partial charge >= 0.3 is 0 Å². The molecule has 2 aliphatic rings. The second kappa shape index (κ2) is 6.39. The Bertz CT molecular complexity index is 251. The van der Waals surface area contributed by atoms with Crippen LogP contribution in [0.2, 0.25) is 0 Å². The summed E-state index contributed by atoms with van der Waals surface area (Å²) in [5, 5.41) is 6.43. The zero-order valence-corrected chi connectivity index (χ0v) is 11.0. The number of hydrogen-bond acceptors (Lipinski definition) is 2. The average Bonchev–Trinajstić information content (AvgIpc) is 3.18. The van der Waals surface area contributed by atoms with Crippen molar-refractivity contribution in [3.8, 4) is 0 Å². The van der Waals surface area contributed by atoms with Crippen LogP contribution in [0.25, 0.3) is 0 Å². The van der Waals surface area contributed by atoms with E-state index in [1.54, 1.807) is 0 Å². The molecule has 2 saturated carbocycles. The lowest BCUT2D eigenvalue weighted by atomic mass is 9.84. The number of hydrogen-bond donors (Lipinski definition) is 2. The first-order chi connectivity index (χ1) is 8.28. The minimum absolute atomic E-state index is 0.176. The third-order valence-electron chi connectivity index (χ3n) is 4.20. The summed E-state index contributed by atoms with van der Waals surface area (Å²) in [6.07, 6.45) is 9.08. The summed E-state index contributed by atoms with van der Waals surface area (Å²) in [7, 11) is 0. The first-order valence-electron chi connectivity index (χ1n) is 7.28. The molecule has 3 heteroatoms. The molecule has 0 aromatic carbocycles. The van der Waals surface area contributed by atoms with Crippen molar-refractivity contribution in [3.63, 3.8) is 0 Å². The average molecular weight is 238 g/mol. The second-order valence-corrected chi connectivity index (χ2v) is 5.77. The highest BCUT2D eigenvalue weighted by Crippen LogP contribution is 2.27. The molecule has 0 spiro atoms. The molecule has 0 aromatic heterocycles. The van der Waals surface area contributed by atoms with Crippen LogP contribution in [-0.4, -0.2) is 25.0 Å². The molecule has 0 heterocycles. The summed E-state index contributed by atoms with van der Waals surface area (Å²) in [5.74, 6) is 1.82. The number of carbonyl (C=O) groups is 1. The van der Waals surface area contributed by atoms with E-state index in [1.807, 2.05) is 0 Å². The van der Waals surface area contributed by atoms with E-state index in [0.717, 1.165) is 18.4 Å². The van der Waals surface area contributed by atoms with Gasteiger partial charge in [0.05, 0.1) is 6.54 Å². The van der Waals surface area contributed by atoms with Crippen LogP contribution in [0.5, 0.6) is 0 Å². The van der Waals surface area contributed by atoms with Crippen molar-refractivity contribution in [2.75, 3.05) is 13.1 Å². The van der Waals surface area contributed by atoms with E-state index in [0.29, 0.717) is 12.6 Å². The molecule has 98 valence electrons. The van der Waals surface area contributed by atoms with Crippen LogP contribution in [0, 0.1) is 11.8 Å². The molecule has 1 amide bonds. The van der Waals surface area contributed by atoms with E-state index in [2.05, 4.69) is 17.6 Å². The summed E-state index contributed by atoms with van der Waals surface area (Å²) < 4.78 is 0. The Morgan fingerprint density at radius 1 is 1.18 bits per heavy atom. The molecule has 0 bridgehead atoms. The van der Waals surface area contributed by atoms with Gasteiger partial charge in [-0.2, -0.15) is 0 Å². The zero-order valence-electron chi connectivity index (χ0n) is 11.0. The van der Waals surface area contributed by atoms with Crippen molar-refractivity contribution in [3.05, 3.63) is 0 Å². The van der Waals surface area contributed by atoms with Crippen molar-refractivity contribution < 1.29 is 4.79 Å². The van der Waals surface area contributed by atoms with Crippen molar-refractivity contribution in [2.45, 2.75) is 57.9 Å². The number of rotatable bonds is 6. The van der Waals surface area contributed by atoms with Crippen molar-refractivity contribution >= 4 is 5.91 Å². The fourth-order valence-electron chi connectivity index (χ4n) is 2.73. The van der Waals surface area contributed by atoms with Crippen LogP contribution in [0.4, 0.5) is 0 Å². The molecule has 2 N–H and O–H groups in total. The van der Waals surface area contributed by atoms with E-state index in [9.17, 15) is 4.79 Å². The Kier molecular flexibility index (Phi) is 4.84. The topological polar surface area (TPSA) is 41.1 Å². The van der Waals surface area contributed by atoms with Crippen molar-refractivity contribution in [2.24, 2.45) is 11.8 Å². The van der Waals surface area contributed by atoms with Crippen LogP contribution in [0.15, 0.2) is 0 Å². The lowest BCUT2D eigenvalue weighted by Gasteiger charge is -2.29. The van der Waals surface area contributed by atoms with Gasteiger partial charge in [0.1, 0.15) is 0 Å². The van der Waals surface area contributed by atoms with Gasteiger partial charge in [-0.05, 0) is 37.5 Å². The fraction of sp³-hybridized carbons (Fsp3) is 0.929. The van der Waals surface area contributed by atoms with E-state index in [1.165, 1.54) is 44.9 Å². The van der Waals surface area contributed by atoms with Gasteiger partial charge < -0.3 is 10.6 Å². The Labute approximate surface area is 105 Å². The number of amides is 1. The lowest BCUT2D eigenvalue weighted by molar-refractivity contribution is -0.120. The maximum Gasteiger partial charge on any atom is 0.233 e. The largest absolute Gasteiger partial charge is 0.355 e. The quantitative estimate of drug-likeness (QED) is 0.744. The third kappa shape index (κ3) is 4.66. The molecule has 0 aromatic rings. The van der Waals surface area contributed by atoms with E-state index < -0.39 is 0 Å². The Morgan fingerprint density at radius 3 is 2.71 bits per heavy atom. The molecule has 0 aliphatic heterocycles. The van der Waals surface area contributed by atoms with Gasteiger partial charge in [0.25, 0.3) is 0 Å². The summed E-state index contributed by atoms with van der Waals surface area (Å²) in [4.78, 5) is 11.6. The van der Waals surface area contributed by atoms with Crippen LogP contribution in [0.3, 0.4) is 0 Å².